The van der Waals surface area contributed by atoms with Crippen molar-refractivity contribution in [3.8, 4) is 11.1 Å². The van der Waals surface area contributed by atoms with Crippen LogP contribution in [0, 0.1) is 6.92 Å². The molecule has 2 heterocycles. The number of alkyl halides is 1. The Labute approximate surface area is 114 Å². The summed E-state index contributed by atoms with van der Waals surface area (Å²) in [5, 5.41) is 3.04. The van der Waals surface area contributed by atoms with E-state index in [2.05, 4.69) is 10.1 Å². The van der Waals surface area contributed by atoms with Crippen molar-refractivity contribution in [2.45, 2.75) is 12.8 Å². The maximum Gasteiger partial charge on any atom is 0.272 e. The first-order chi connectivity index (χ1) is 9.20. The number of H-pyrrole nitrogens is 1. The van der Waals surface area contributed by atoms with Crippen LogP contribution in [0.1, 0.15) is 11.4 Å². The molecule has 0 aliphatic carbocycles. The maximum atomic E-state index is 12.0. The number of hydrogen-bond acceptors (Lipinski definition) is 2. The summed E-state index contributed by atoms with van der Waals surface area (Å²) in [7, 11) is 0. The second-order valence-electron chi connectivity index (χ2n) is 4.36. The molecule has 0 aliphatic rings. The minimum atomic E-state index is -0.147. The molecular weight excluding hydrogens is 262 g/mol. The SMILES string of the molecule is Cc1[nH]n2c(=O)cc(CCl)nc2c1-c1ccccc1. The standard InChI is InChI=1S/C14H12ClN3O/c1-9-13(10-5-3-2-4-6-10)14-16-11(8-15)7-12(19)18(14)17-9/h2-7,17H,8H2,1H3. The number of hydrogen-bond donors (Lipinski definition) is 1. The second-order valence-corrected chi connectivity index (χ2v) is 4.62. The molecule has 0 spiro atoms. The number of nitrogens with one attached hydrogen (secondary N) is 1. The van der Waals surface area contributed by atoms with E-state index in [1.54, 1.807) is 0 Å². The van der Waals surface area contributed by atoms with E-state index in [0.29, 0.717) is 11.3 Å². The van der Waals surface area contributed by atoms with Crippen molar-refractivity contribution in [2.75, 3.05) is 0 Å². The number of aromatic amines is 1. The zero-order chi connectivity index (χ0) is 13.4. The van der Waals surface area contributed by atoms with E-state index in [0.717, 1.165) is 16.8 Å². The van der Waals surface area contributed by atoms with Crippen LogP contribution in [0.3, 0.4) is 0 Å². The van der Waals surface area contributed by atoms with Crippen LogP contribution in [0.2, 0.25) is 0 Å². The Balaban J connectivity index is 2.39. The van der Waals surface area contributed by atoms with Crippen molar-refractivity contribution in [1.29, 1.82) is 0 Å². The first-order valence-corrected chi connectivity index (χ1v) is 6.47. The van der Waals surface area contributed by atoms with Crippen molar-refractivity contribution in [2.24, 2.45) is 0 Å². The van der Waals surface area contributed by atoms with Crippen molar-refractivity contribution >= 4 is 17.2 Å². The van der Waals surface area contributed by atoms with Crippen LogP contribution < -0.4 is 5.56 Å². The van der Waals surface area contributed by atoms with Crippen molar-refractivity contribution in [3.05, 3.63) is 58.1 Å². The number of aryl methyl sites for hydroxylation is 1. The molecule has 0 saturated heterocycles. The third kappa shape index (κ3) is 1.94. The molecule has 5 heteroatoms. The Kier molecular flexibility index (Phi) is 2.87. The largest absolute Gasteiger partial charge is 0.293 e. The van der Waals surface area contributed by atoms with Crippen molar-refractivity contribution in [1.82, 2.24) is 14.6 Å². The molecule has 1 N–H and O–H groups in total. The Morgan fingerprint density at radius 3 is 2.74 bits per heavy atom. The quantitative estimate of drug-likeness (QED) is 0.730. The van der Waals surface area contributed by atoms with Crippen LogP contribution in [0.25, 0.3) is 16.8 Å². The van der Waals surface area contributed by atoms with E-state index in [9.17, 15) is 4.79 Å². The van der Waals surface area contributed by atoms with Crippen LogP contribution in [0.5, 0.6) is 0 Å². The molecule has 2 aromatic heterocycles. The maximum absolute atomic E-state index is 12.0. The molecule has 3 aromatic rings. The number of aromatic nitrogens is 3. The number of rotatable bonds is 2. The molecule has 4 nitrogen and oxygen atoms in total. The highest BCUT2D eigenvalue weighted by Gasteiger charge is 2.13. The Morgan fingerprint density at radius 1 is 1.32 bits per heavy atom. The molecule has 0 bridgehead atoms. The van der Waals surface area contributed by atoms with Crippen LogP contribution in [-0.4, -0.2) is 14.6 Å². The van der Waals surface area contributed by atoms with Gasteiger partial charge in [0.15, 0.2) is 5.65 Å². The molecule has 3 rings (SSSR count). The number of nitrogens with zero attached hydrogens (tertiary/aromatic N) is 2. The second kappa shape index (κ2) is 4.55. The Morgan fingerprint density at radius 2 is 2.05 bits per heavy atom. The van der Waals surface area contributed by atoms with E-state index in [1.165, 1.54) is 10.6 Å². The average Bonchev–Trinajstić information content (AvgIpc) is 2.76. The molecule has 0 radical (unpaired) electrons. The van der Waals surface area contributed by atoms with Gasteiger partial charge < -0.3 is 0 Å². The fourth-order valence-corrected chi connectivity index (χ4v) is 2.35. The van der Waals surface area contributed by atoms with E-state index in [4.69, 9.17) is 11.6 Å². The van der Waals surface area contributed by atoms with Gasteiger partial charge in [-0.05, 0) is 12.5 Å². The fraction of sp³-hybridized carbons (Fsp3) is 0.143. The van der Waals surface area contributed by atoms with Gasteiger partial charge in [-0.15, -0.1) is 11.6 Å². The lowest BCUT2D eigenvalue weighted by molar-refractivity contribution is 0.871. The van der Waals surface area contributed by atoms with Crippen LogP contribution in [-0.2, 0) is 5.88 Å². The summed E-state index contributed by atoms with van der Waals surface area (Å²) >= 11 is 5.78. The minimum absolute atomic E-state index is 0.147. The normalized spacial score (nSPS) is 11.1. The first-order valence-electron chi connectivity index (χ1n) is 5.93. The van der Waals surface area contributed by atoms with Gasteiger partial charge in [0.25, 0.3) is 5.56 Å². The Bertz CT molecular complexity index is 790. The van der Waals surface area contributed by atoms with Gasteiger partial charge in [-0.25, -0.2) is 9.50 Å². The number of benzene rings is 1. The van der Waals surface area contributed by atoms with E-state index >= 15 is 0 Å². The van der Waals surface area contributed by atoms with Crippen LogP contribution >= 0.6 is 11.6 Å². The molecule has 0 fully saturated rings. The lowest BCUT2D eigenvalue weighted by Gasteiger charge is -2.01. The van der Waals surface area contributed by atoms with Crippen molar-refractivity contribution in [3.63, 3.8) is 0 Å². The number of fused-ring (bicyclic) bond motifs is 1. The molecular formula is C14H12ClN3O. The summed E-state index contributed by atoms with van der Waals surface area (Å²) in [4.78, 5) is 16.4. The molecule has 0 saturated carbocycles. The van der Waals surface area contributed by atoms with Crippen LogP contribution in [0.15, 0.2) is 41.2 Å². The van der Waals surface area contributed by atoms with Gasteiger partial charge in [-0.1, -0.05) is 30.3 Å². The number of halogens is 1. The summed E-state index contributed by atoms with van der Waals surface area (Å²) < 4.78 is 1.45. The predicted octanol–water partition coefficient (Wildman–Crippen LogP) is 2.74. The van der Waals surface area contributed by atoms with Gasteiger partial charge in [0.1, 0.15) is 0 Å². The summed E-state index contributed by atoms with van der Waals surface area (Å²) in [5.41, 5.74) is 3.92. The monoisotopic (exact) mass is 273 g/mol. The van der Waals surface area contributed by atoms with Gasteiger partial charge in [-0.3, -0.25) is 9.89 Å². The van der Waals surface area contributed by atoms with E-state index in [1.807, 2.05) is 37.3 Å². The molecule has 19 heavy (non-hydrogen) atoms. The first kappa shape index (κ1) is 12.0. The van der Waals surface area contributed by atoms with Crippen molar-refractivity contribution < 1.29 is 0 Å². The topological polar surface area (TPSA) is 50.2 Å². The van der Waals surface area contributed by atoms with Crippen LogP contribution in [0.4, 0.5) is 0 Å². The van der Waals surface area contributed by atoms with E-state index in [-0.39, 0.29) is 11.4 Å². The molecule has 0 aliphatic heterocycles. The highest BCUT2D eigenvalue weighted by atomic mass is 35.5. The zero-order valence-electron chi connectivity index (χ0n) is 10.4. The Hall–Kier alpha value is -2.07. The lowest BCUT2D eigenvalue weighted by Crippen LogP contribution is -2.15. The molecule has 0 atom stereocenters. The average molecular weight is 274 g/mol. The molecule has 0 amide bonds. The smallest absolute Gasteiger partial charge is 0.272 e. The van der Waals surface area contributed by atoms with E-state index < -0.39 is 0 Å². The molecule has 0 unspecified atom stereocenters. The summed E-state index contributed by atoms with van der Waals surface area (Å²) in [6.07, 6.45) is 0. The molecule has 1 aromatic carbocycles. The highest BCUT2D eigenvalue weighted by Crippen LogP contribution is 2.26. The summed E-state index contributed by atoms with van der Waals surface area (Å²) in [6.45, 7) is 1.93. The summed E-state index contributed by atoms with van der Waals surface area (Å²) in [6, 6.07) is 11.3. The zero-order valence-corrected chi connectivity index (χ0v) is 11.1. The third-order valence-electron chi connectivity index (χ3n) is 3.05. The predicted molar refractivity (Wildman–Crippen MR) is 75.5 cm³/mol. The van der Waals surface area contributed by atoms with Gasteiger partial charge in [0.2, 0.25) is 0 Å². The minimum Gasteiger partial charge on any atom is -0.293 e. The lowest BCUT2D eigenvalue weighted by atomic mass is 10.1. The molecule has 96 valence electrons. The fourth-order valence-electron chi connectivity index (χ4n) is 2.22. The van der Waals surface area contributed by atoms with Gasteiger partial charge in [0.05, 0.1) is 11.6 Å². The van der Waals surface area contributed by atoms with Gasteiger partial charge in [0, 0.05) is 17.3 Å². The van der Waals surface area contributed by atoms with Gasteiger partial charge in [-0.2, -0.15) is 0 Å². The summed E-state index contributed by atoms with van der Waals surface area (Å²) in [5.74, 6) is 0.226. The highest BCUT2D eigenvalue weighted by molar-refractivity contribution is 6.16. The van der Waals surface area contributed by atoms with Gasteiger partial charge >= 0.3 is 0 Å². The third-order valence-corrected chi connectivity index (χ3v) is 3.32.